The number of hydrogen-bond donors (Lipinski definition) is 1. The van der Waals surface area contributed by atoms with Gasteiger partial charge in [-0.3, -0.25) is 9.69 Å². The van der Waals surface area contributed by atoms with Crippen LogP contribution in [0.25, 0.3) is 0 Å². The molecule has 0 spiro atoms. The van der Waals surface area contributed by atoms with Crippen molar-refractivity contribution in [2.45, 2.75) is 12.5 Å². The molecule has 1 N–H and O–H groups in total. The van der Waals surface area contributed by atoms with Gasteiger partial charge in [-0.2, -0.15) is 0 Å². The van der Waals surface area contributed by atoms with E-state index in [1.807, 2.05) is 43.3 Å². The third kappa shape index (κ3) is 3.74. The zero-order chi connectivity index (χ0) is 17.1. The van der Waals surface area contributed by atoms with Crippen molar-refractivity contribution in [1.82, 2.24) is 10.2 Å². The molecule has 0 aliphatic carbocycles. The number of rotatable bonds is 5. The minimum absolute atomic E-state index is 0.00445. The zero-order valence-electron chi connectivity index (χ0n) is 13.8. The van der Waals surface area contributed by atoms with E-state index in [0.717, 1.165) is 17.1 Å². The molecule has 24 heavy (non-hydrogen) atoms. The number of nitrogens with zero attached hydrogens (tertiary/aromatic N) is 1. The van der Waals surface area contributed by atoms with Crippen LogP contribution in [0.4, 0.5) is 0 Å². The highest BCUT2D eigenvalue weighted by molar-refractivity contribution is 6.30. The van der Waals surface area contributed by atoms with Crippen LogP contribution in [0.1, 0.15) is 17.4 Å². The van der Waals surface area contributed by atoms with Crippen molar-refractivity contribution in [2.75, 3.05) is 27.2 Å². The number of ether oxygens (including phenoxy) is 1. The standard InChI is InChI=1S/C18H21ClN2O3/c1-21(2)15(17-4-3-7-23-17)10-20-18(22)13-8-12-9-14(19)5-6-16(12)24-11-13/h3-7,9,13,15H,8,10-11H2,1-2H3,(H,20,22)/t13-,15+/m1/s1. The van der Waals surface area contributed by atoms with Crippen LogP contribution in [-0.2, 0) is 11.2 Å². The number of likely N-dealkylation sites (N-methyl/N-ethyl adjacent to an activating group) is 1. The number of amides is 1. The lowest BCUT2D eigenvalue weighted by Gasteiger charge is -2.27. The van der Waals surface area contributed by atoms with E-state index in [-0.39, 0.29) is 17.9 Å². The normalized spacial score (nSPS) is 17.9. The van der Waals surface area contributed by atoms with Gasteiger partial charge in [-0.05, 0) is 56.4 Å². The smallest absolute Gasteiger partial charge is 0.226 e. The van der Waals surface area contributed by atoms with E-state index in [0.29, 0.717) is 24.6 Å². The average molecular weight is 349 g/mol. The molecule has 2 atom stereocenters. The first-order valence-electron chi connectivity index (χ1n) is 7.93. The SMILES string of the molecule is CN(C)[C@@H](CNC(=O)[C@H]1COc2ccc(Cl)cc2C1)c1ccco1. The summed E-state index contributed by atoms with van der Waals surface area (Å²) in [5.74, 6) is 1.41. The number of halogens is 1. The molecule has 0 unspecified atom stereocenters. The summed E-state index contributed by atoms with van der Waals surface area (Å²) >= 11 is 6.03. The molecule has 0 bridgehead atoms. The molecule has 128 valence electrons. The zero-order valence-corrected chi connectivity index (χ0v) is 14.5. The molecule has 0 fully saturated rings. The van der Waals surface area contributed by atoms with Crippen molar-refractivity contribution in [2.24, 2.45) is 5.92 Å². The highest BCUT2D eigenvalue weighted by atomic mass is 35.5. The highest BCUT2D eigenvalue weighted by Gasteiger charge is 2.27. The molecule has 1 aliphatic heterocycles. The Morgan fingerprint density at radius 1 is 1.42 bits per heavy atom. The van der Waals surface area contributed by atoms with Crippen LogP contribution in [-0.4, -0.2) is 38.1 Å². The fourth-order valence-electron chi connectivity index (χ4n) is 2.89. The molecule has 5 nitrogen and oxygen atoms in total. The number of benzene rings is 1. The van der Waals surface area contributed by atoms with Crippen molar-refractivity contribution in [3.05, 3.63) is 52.9 Å². The van der Waals surface area contributed by atoms with Crippen LogP contribution < -0.4 is 10.1 Å². The molecule has 1 amide bonds. The summed E-state index contributed by atoms with van der Waals surface area (Å²) in [6, 6.07) is 9.27. The fourth-order valence-corrected chi connectivity index (χ4v) is 3.09. The van der Waals surface area contributed by atoms with Gasteiger partial charge in [0.05, 0.1) is 18.2 Å². The molecular weight excluding hydrogens is 328 g/mol. The molecule has 2 heterocycles. The second kappa shape index (κ2) is 7.28. The molecule has 3 rings (SSSR count). The lowest BCUT2D eigenvalue weighted by molar-refractivity contribution is -0.126. The lowest BCUT2D eigenvalue weighted by Crippen LogP contribution is -2.41. The third-order valence-electron chi connectivity index (χ3n) is 4.26. The Balaban J connectivity index is 1.61. The Bertz CT molecular complexity index is 700. The fraction of sp³-hybridized carbons (Fsp3) is 0.389. The Labute approximate surface area is 146 Å². The minimum atomic E-state index is -0.213. The molecule has 0 saturated carbocycles. The van der Waals surface area contributed by atoms with Gasteiger partial charge in [0.25, 0.3) is 0 Å². The van der Waals surface area contributed by atoms with Crippen molar-refractivity contribution in [3.8, 4) is 5.75 Å². The number of carbonyl (C=O) groups excluding carboxylic acids is 1. The van der Waals surface area contributed by atoms with Crippen molar-refractivity contribution in [1.29, 1.82) is 0 Å². The predicted octanol–water partition coefficient (Wildman–Crippen LogP) is 2.90. The van der Waals surface area contributed by atoms with E-state index in [1.165, 1.54) is 0 Å². The molecule has 2 aromatic rings. The summed E-state index contributed by atoms with van der Waals surface area (Å²) < 4.78 is 11.2. The second-order valence-electron chi connectivity index (χ2n) is 6.20. The molecule has 0 saturated heterocycles. The van der Waals surface area contributed by atoms with E-state index >= 15 is 0 Å². The molecule has 0 radical (unpaired) electrons. The number of carbonyl (C=O) groups is 1. The maximum absolute atomic E-state index is 12.5. The van der Waals surface area contributed by atoms with Crippen LogP contribution in [0.15, 0.2) is 41.0 Å². The number of hydrogen-bond acceptors (Lipinski definition) is 4. The van der Waals surface area contributed by atoms with Gasteiger partial charge in [-0.1, -0.05) is 11.6 Å². The Hall–Kier alpha value is -1.98. The summed E-state index contributed by atoms with van der Waals surface area (Å²) in [7, 11) is 3.92. The first kappa shape index (κ1) is 16.9. The monoisotopic (exact) mass is 348 g/mol. The number of furan rings is 1. The van der Waals surface area contributed by atoms with Crippen molar-refractivity contribution in [3.63, 3.8) is 0 Å². The van der Waals surface area contributed by atoms with Gasteiger partial charge < -0.3 is 14.5 Å². The summed E-state index contributed by atoms with van der Waals surface area (Å²) in [4.78, 5) is 14.5. The highest BCUT2D eigenvalue weighted by Crippen LogP contribution is 2.30. The van der Waals surface area contributed by atoms with E-state index in [4.69, 9.17) is 20.8 Å². The molecule has 6 heteroatoms. The van der Waals surface area contributed by atoms with Crippen LogP contribution in [0.2, 0.25) is 5.02 Å². The topological polar surface area (TPSA) is 54.7 Å². The number of nitrogens with one attached hydrogen (secondary N) is 1. The van der Waals surface area contributed by atoms with Crippen LogP contribution in [0, 0.1) is 5.92 Å². The van der Waals surface area contributed by atoms with Crippen LogP contribution >= 0.6 is 11.6 Å². The number of fused-ring (bicyclic) bond motifs is 1. The second-order valence-corrected chi connectivity index (χ2v) is 6.64. The van der Waals surface area contributed by atoms with Crippen LogP contribution in [0.5, 0.6) is 5.75 Å². The van der Waals surface area contributed by atoms with Gasteiger partial charge >= 0.3 is 0 Å². The molecule has 1 aromatic heterocycles. The van der Waals surface area contributed by atoms with Crippen molar-refractivity contribution < 1.29 is 13.9 Å². The summed E-state index contributed by atoms with van der Waals surface area (Å²) in [5.41, 5.74) is 0.976. The summed E-state index contributed by atoms with van der Waals surface area (Å²) in [5, 5.41) is 3.67. The quantitative estimate of drug-likeness (QED) is 0.902. The Morgan fingerprint density at radius 2 is 2.25 bits per heavy atom. The van der Waals surface area contributed by atoms with Gasteiger partial charge in [0.15, 0.2) is 0 Å². The molecule has 1 aromatic carbocycles. The van der Waals surface area contributed by atoms with Gasteiger partial charge in [-0.25, -0.2) is 0 Å². The van der Waals surface area contributed by atoms with E-state index in [1.54, 1.807) is 12.3 Å². The molecular formula is C18H21ClN2O3. The average Bonchev–Trinajstić information content (AvgIpc) is 3.08. The Morgan fingerprint density at radius 3 is 2.96 bits per heavy atom. The summed E-state index contributed by atoms with van der Waals surface area (Å²) in [6.45, 7) is 0.867. The van der Waals surface area contributed by atoms with Gasteiger partial charge in [0.1, 0.15) is 18.1 Å². The van der Waals surface area contributed by atoms with E-state index in [2.05, 4.69) is 5.32 Å². The van der Waals surface area contributed by atoms with Crippen molar-refractivity contribution >= 4 is 17.5 Å². The lowest BCUT2D eigenvalue weighted by atomic mass is 9.96. The first-order valence-corrected chi connectivity index (χ1v) is 8.31. The molecule has 1 aliphatic rings. The van der Waals surface area contributed by atoms with E-state index in [9.17, 15) is 4.79 Å². The maximum Gasteiger partial charge on any atom is 0.226 e. The first-order chi connectivity index (χ1) is 11.5. The predicted molar refractivity (Wildman–Crippen MR) is 92.3 cm³/mol. The third-order valence-corrected chi connectivity index (χ3v) is 4.50. The van der Waals surface area contributed by atoms with E-state index < -0.39 is 0 Å². The van der Waals surface area contributed by atoms with Gasteiger partial charge in [-0.15, -0.1) is 0 Å². The maximum atomic E-state index is 12.5. The van der Waals surface area contributed by atoms with Gasteiger partial charge in [0, 0.05) is 11.6 Å². The largest absolute Gasteiger partial charge is 0.492 e. The van der Waals surface area contributed by atoms with Crippen LogP contribution in [0.3, 0.4) is 0 Å². The summed E-state index contributed by atoms with van der Waals surface area (Å²) in [6.07, 6.45) is 2.28. The minimum Gasteiger partial charge on any atom is -0.492 e. The van der Waals surface area contributed by atoms with Gasteiger partial charge in [0.2, 0.25) is 5.91 Å². The Kier molecular flexibility index (Phi) is 5.11.